The second kappa shape index (κ2) is 7.13. The van der Waals surface area contributed by atoms with Crippen LogP contribution in [0.5, 0.6) is 0 Å². The summed E-state index contributed by atoms with van der Waals surface area (Å²) in [5.74, 6) is 0.553. The quantitative estimate of drug-likeness (QED) is 0.682. The molecule has 0 aromatic carbocycles. The summed E-state index contributed by atoms with van der Waals surface area (Å²) in [6.45, 7) is 11.3. The van der Waals surface area contributed by atoms with Gasteiger partial charge in [0.25, 0.3) is 0 Å². The number of rotatable bonds is 6. The van der Waals surface area contributed by atoms with Crippen molar-refractivity contribution in [2.75, 3.05) is 19.7 Å². The highest BCUT2D eigenvalue weighted by Crippen LogP contribution is 2.30. The van der Waals surface area contributed by atoms with Crippen LogP contribution in [0.25, 0.3) is 0 Å². The Morgan fingerprint density at radius 1 is 1.28 bits per heavy atom. The number of carbonyl (C=O) groups is 1. The smallest absolute Gasteiger partial charge is 0.307 e. The van der Waals surface area contributed by atoms with E-state index in [1.807, 2.05) is 6.92 Å². The number of nitrogens with zero attached hydrogens (tertiary/aromatic N) is 1. The van der Waals surface area contributed by atoms with E-state index in [1.165, 1.54) is 19.3 Å². The Kier molecular flexibility index (Phi) is 6.13. The van der Waals surface area contributed by atoms with Crippen molar-refractivity contribution >= 4 is 5.97 Å². The molecule has 0 aliphatic carbocycles. The molecular formula is C15H29NO2. The van der Waals surface area contributed by atoms with Gasteiger partial charge in [0, 0.05) is 5.54 Å². The number of carbonyl (C=O) groups excluding carboxylic acids is 1. The Balaban J connectivity index is 2.69. The monoisotopic (exact) mass is 255 g/mol. The summed E-state index contributed by atoms with van der Waals surface area (Å²) < 4.78 is 5.14. The molecule has 1 rings (SSSR count). The van der Waals surface area contributed by atoms with E-state index in [1.54, 1.807) is 0 Å². The SMILES string of the molecule is CCOC(=O)CC(C)(CC(C)C)N1CCCCC1. The van der Waals surface area contributed by atoms with Crippen molar-refractivity contribution in [1.29, 1.82) is 0 Å². The lowest BCUT2D eigenvalue weighted by atomic mass is 9.84. The van der Waals surface area contributed by atoms with Crippen LogP contribution in [-0.4, -0.2) is 36.1 Å². The van der Waals surface area contributed by atoms with Gasteiger partial charge in [0.2, 0.25) is 0 Å². The fourth-order valence-corrected chi connectivity index (χ4v) is 3.15. The summed E-state index contributed by atoms with van der Waals surface area (Å²) in [5.41, 5.74) is -0.0269. The van der Waals surface area contributed by atoms with Crippen molar-refractivity contribution in [3.63, 3.8) is 0 Å². The molecule has 1 atom stereocenters. The third-order valence-corrected chi connectivity index (χ3v) is 3.80. The lowest BCUT2D eigenvalue weighted by Gasteiger charge is -2.44. The van der Waals surface area contributed by atoms with E-state index in [-0.39, 0.29) is 11.5 Å². The molecule has 3 heteroatoms. The molecule has 0 bridgehead atoms. The fourth-order valence-electron chi connectivity index (χ4n) is 3.15. The summed E-state index contributed by atoms with van der Waals surface area (Å²) in [4.78, 5) is 14.3. The largest absolute Gasteiger partial charge is 0.466 e. The van der Waals surface area contributed by atoms with Gasteiger partial charge in [0.1, 0.15) is 0 Å². The maximum atomic E-state index is 11.8. The summed E-state index contributed by atoms with van der Waals surface area (Å²) >= 11 is 0. The summed E-state index contributed by atoms with van der Waals surface area (Å²) in [6.07, 6.45) is 5.44. The molecule has 1 aliphatic rings. The molecule has 3 nitrogen and oxygen atoms in total. The number of hydrogen-bond donors (Lipinski definition) is 0. The summed E-state index contributed by atoms with van der Waals surface area (Å²) in [7, 11) is 0. The zero-order chi connectivity index (χ0) is 13.6. The van der Waals surface area contributed by atoms with Crippen LogP contribution in [0.3, 0.4) is 0 Å². The minimum atomic E-state index is -0.0498. The van der Waals surface area contributed by atoms with E-state index in [0.29, 0.717) is 18.9 Å². The third-order valence-electron chi connectivity index (χ3n) is 3.80. The second-order valence-electron chi connectivity index (χ2n) is 6.12. The molecule has 0 radical (unpaired) electrons. The minimum absolute atomic E-state index is 0.0269. The van der Waals surface area contributed by atoms with Gasteiger partial charge in [-0.05, 0) is 52.1 Å². The predicted molar refractivity (Wildman–Crippen MR) is 74.5 cm³/mol. The lowest BCUT2D eigenvalue weighted by Crippen LogP contribution is -2.51. The van der Waals surface area contributed by atoms with Crippen LogP contribution in [0, 0.1) is 5.92 Å². The van der Waals surface area contributed by atoms with Gasteiger partial charge in [-0.15, -0.1) is 0 Å². The Morgan fingerprint density at radius 2 is 1.89 bits per heavy atom. The third kappa shape index (κ3) is 4.60. The molecule has 0 saturated carbocycles. The highest BCUT2D eigenvalue weighted by Gasteiger charge is 2.35. The average Bonchev–Trinajstić information content (AvgIpc) is 2.29. The van der Waals surface area contributed by atoms with E-state index in [4.69, 9.17) is 4.74 Å². The van der Waals surface area contributed by atoms with Gasteiger partial charge in [-0.2, -0.15) is 0 Å². The highest BCUT2D eigenvalue weighted by atomic mass is 16.5. The maximum absolute atomic E-state index is 11.8. The molecule has 1 aliphatic heterocycles. The predicted octanol–water partition coefficient (Wildman–Crippen LogP) is 3.23. The van der Waals surface area contributed by atoms with Crippen LogP contribution in [0.4, 0.5) is 0 Å². The first-order chi connectivity index (χ1) is 8.48. The number of likely N-dealkylation sites (tertiary alicyclic amines) is 1. The first-order valence-corrected chi connectivity index (χ1v) is 7.38. The molecule has 18 heavy (non-hydrogen) atoms. The van der Waals surface area contributed by atoms with Crippen LogP contribution in [0.1, 0.15) is 59.8 Å². The first-order valence-electron chi connectivity index (χ1n) is 7.38. The van der Waals surface area contributed by atoms with E-state index < -0.39 is 0 Å². The zero-order valence-corrected chi connectivity index (χ0v) is 12.5. The molecule has 106 valence electrons. The Hall–Kier alpha value is -0.570. The van der Waals surface area contributed by atoms with Gasteiger partial charge in [-0.25, -0.2) is 0 Å². The Morgan fingerprint density at radius 3 is 2.39 bits per heavy atom. The first kappa shape index (κ1) is 15.5. The van der Waals surface area contributed by atoms with Crippen LogP contribution >= 0.6 is 0 Å². The topological polar surface area (TPSA) is 29.5 Å². The van der Waals surface area contributed by atoms with E-state index in [2.05, 4.69) is 25.7 Å². The van der Waals surface area contributed by atoms with E-state index in [0.717, 1.165) is 19.5 Å². The van der Waals surface area contributed by atoms with Crippen LogP contribution in [0.15, 0.2) is 0 Å². The van der Waals surface area contributed by atoms with Crippen molar-refractivity contribution in [1.82, 2.24) is 4.90 Å². The number of esters is 1. The maximum Gasteiger partial charge on any atom is 0.307 e. The van der Waals surface area contributed by atoms with Crippen molar-refractivity contribution < 1.29 is 9.53 Å². The van der Waals surface area contributed by atoms with E-state index in [9.17, 15) is 4.79 Å². The molecule has 0 aromatic heterocycles. The summed E-state index contributed by atoms with van der Waals surface area (Å²) in [5, 5.41) is 0. The molecule has 0 spiro atoms. The van der Waals surface area contributed by atoms with Crippen LogP contribution < -0.4 is 0 Å². The number of ether oxygens (including phenoxy) is 1. The highest BCUT2D eigenvalue weighted by molar-refractivity contribution is 5.70. The molecule has 1 heterocycles. The fraction of sp³-hybridized carbons (Fsp3) is 0.933. The molecule has 1 unspecified atom stereocenters. The normalized spacial score (nSPS) is 20.7. The van der Waals surface area contributed by atoms with Gasteiger partial charge in [0.05, 0.1) is 13.0 Å². The molecule has 1 fully saturated rings. The van der Waals surface area contributed by atoms with Crippen LogP contribution in [0.2, 0.25) is 0 Å². The molecule has 0 aromatic rings. The van der Waals surface area contributed by atoms with Crippen molar-refractivity contribution in [2.24, 2.45) is 5.92 Å². The number of piperidine rings is 1. The van der Waals surface area contributed by atoms with Crippen molar-refractivity contribution in [2.45, 2.75) is 65.3 Å². The number of hydrogen-bond acceptors (Lipinski definition) is 3. The van der Waals surface area contributed by atoms with Gasteiger partial charge >= 0.3 is 5.97 Å². The lowest BCUT2D eigenvalue weighted by molar-refractivity contribution is -0.147. The standard InChI is InChI=1S/C15H29NO2/c1-5-18-14(17)12-15(4,11-13(2)3)16-9-7-6-8-10-16/h13H,5-12H2,1-4H3. The van der Waals surface area contributed by atoms with Crippen LogP contribution in [-0.2, 0) is 9.53 Å². The second-order valence-corrected chi connectivity index (χ2v) is 6.12. The van der Waals surface area contributed by atoms with Gasteiger partial charge in [-0.3, -0.25) is 9.69 Å². The average molecular weight is 255 g/mol. The molecule has 0 amide bonds. The van der Waals surface area contributed by atoms with Gasteiger partial charge in [0.15, 0.2) is 0 Å². The Labute approximate surface area is 112 Å². The van der Waals surface area contributed by atoms with Gasteiger partial charge < -0.3 is 4.74 Å². The van der Waals surface area contributed by atoms with Crippen molar-refractivity contribution in [3.8, 4) is 0 Å². The van der Waals surface area contributed by atoms with E-state index >= 15 is 0 Å². The molecule has 1 saturated heterocycles. The molecular weight excluding hydrogens is 226 g/mol. The van der Waals surface area contributed by atoms with Gasteiger partial charge in [-0.1, -0.05) is 20.3 Å². The Bertz CT molecular complexity index is 259. The molecule has 0 N–H and O–H groups in total. The summed E-state index contributed by atoms with van der Waals surface area (Å²) in [6, 6.07) is 0. The van der Waals surface area contributed by atoms with Crippen molar-refractivity contribution in [3.05, 3.63) is 0 Å². The minimum Gasteiger partial charge on any atom is -0.466 e. The zero-order valence-electron chi connectivity index (χ0n) is 12.5.